The van der Waals surface area contributed by atoms with Crippen LogP contribution in [0.4, 0.5) is 5.69 Å². The van der Waals surface area contributed by atoms with Crippen LogP contribution in [-0.4, -0.2) is 38.4 Å². The van der Waals surface area contributed by atoms with E-state index in [-0.39, 0.29) is 16.6 Å². The van der Waals surface area contributed by atoms with Crippen LogP contribution in [0.1, 0.15) is 36.5 Å². The minimum atomic E-state index is -3.32. The molecule has 0 radical (unpaired) electrons. The molecule has 0 aromatic heterocycles. The van der Waals surface area contributed by atoms with Gasteiger partial charge in [0, 0.05) is 20.3 Å². The van der Waals surface area contributed by atoms with Crippen molar-refractivity contribution in [2.45, 2.75) is 38.9 Å². The molecule has 1 saturated carbocycles. The average molecular weight is 388 g/mol. The number of carbonyl (C=O) groups excluding carboxylic acids is 1. The fraction of sp³-hybridized carbons (Fsp3) is 0.400. The SMILES string of the molecule is C/C(=C\c1cc(C)c(NS(=O)(=O)C2CC2)cc1C)C(=O)/C(C#N)=C/N(C)C. The van der Waals surface area contributed by atoms with Gasteiger partial charge in [0.1, 0.15) is 11.6 Å². The van der Waals surface area contributed by atoms with Gasteiger partial charge in [0.2, 0.25) is 15.8 Å². The Labute approximate surface area is 161 Å². The van der Waals surface area contributed by atoms with Gasteiger partial charge in [0.25, 0.3) is 0 Å². The average Bonchev–Trinajstić information content (AvgIpc) is 3.41. The highest BCUT2D eigenvalue weighted by molar-refractivity contribution is 7.93. The zero-order chi connectivity index (χ0) is 20.4. The Morgan fingerprint density at radius 1 is 1.26 bits per heavy atom. The topological polar surface area (TPSA) is 90.3 Å². The first-order chi connectivity index (χ1) is 12.5. The number of anilines is 1. The summed E-state index contributed by atoms with van der Waals surface area (Å²) in [4.78, 5) is 14.1. The summed E-state index contributed by atoms with van der Waals surface area (Å²) < 4.78 is 27.0. The van der Waals surface area contributed by atoms with Gasteiger partial charge in [-0.15, -0.1) is 0 Å². The molecule has 1 aliphatic rings. The summed E-state index contributed by atoms with van der Waals surface area (Å²) in [5, 5.41) is 8.91. The van der Waals surface area contributed by atoms with Crippen molar-refractivity contribution in [3.63, 3.8) is 0 Å². The smallest absolute Gasteiger partial charge is 0.235 e. The number of rotatable bonds is 7. The number of aryl methyl sites for hydroxylation is 2. The first kappa shape index (κ1) is 20.7. The molecular formula is C20H25N3O3S. The normalized spacial score (nSPS) is 15.3. The highest BCUT2D eigenvalue weighted by Crippen LogP contribution is 2.31. The minimum absolute atomic E-state index is 0.0666. The molecule has 1 fully saturated rings. The number of benzene rings is 1. The molecule has 0 bridgehead atoms. The molecule has 0 unspecified atom stereocenters. The van der Waals surface area contributed by atoms with Crippen LogP contribution in [-0.2, 0) is 14.8 Å². The third-order valence-electron chi connectivity index (χ3n) is 4.31. The quantitative estimate of drug-likeness (QED) is 0.573. The summed E-state index contributed by atoms with van der Waals surface area (Å²) in [6, 6.07) is 5.55. The van der Waals surface area contributed by atoms with Gasteiger partial charge in [-0.2, -0.15) is 5.26 Å². The second kappa shape index (κ2) is 7.97. The number of hydrogen-bond acceptors (Lipinski definition) is 5. The number of nitrogens with one attached hydrogen (secondary N) is 1. The first-order valence-corrected chi connectivity index (χ1v) is 10.2. The van der Waals surface area contributed by atoms with Crippen molar-refractivity contribution in [3.05, 3.63) is 46.2 Å². The Morgan fingerprint density at radius 3 is 2.41 bits per heavy atom. The molecule has 0 heterocycles. The summed E-state index contributed by atoms with van der Waals surface area (Å²) in [6.07, 6.45) is 4.63. The molecule has 27 heavy (non-hydrogen) atoms. The fourth-order valence-corrected chi connectivity index (χ4v) is 4.08. The largest absolute Gasteiger partial charge is 0.382 e. The molecule has 2 rings (SSSR count). The summed E-state index contributed by atoms with van der Waals surface area (Å²) in [5.41, 5.74) is 3.51. The van der Waals surface area contributed by atoms with Crippen molar-refractivity contribution >= 4 is 27.6 Å². The van der Waals surface area contributed by atoms with Crippen LogP contribution < -0.4 is 4.72 Å². The third kappa shape index (κ3) is 5.20. The van der Waals surface area contributed by atoms with Crippen LogP contribution in [0.3, 0.4) is 0 Å². The predicted molar refractivity (Wildman–Crippen MR) is 108 cm³/mol. The predicted octanol–water partition coefficient (Wildman–Crippen LogP) is 3.15. The molecule has 0 atom stereocenters. The summed E-state index contributed by atoms with van der Waals surface area (Å²) >= 11 is 0. The molecule has 0 amide bonds. The van der Waals surface area contributed by atoms with E-state index in [0.717, 1.165) is 16.7 Å². The maximum Gasteiger partial charge on any atom is 0.235 e. The highest BCUT2D eigenvalue weighted by Gasteiger charge is 2.35. The molecule has 1 aromatic carbocycles. The Morgan fingerprint density at radius 2 is 1.89 bits per heavy atom. The van der Waals surface area contributed by atoms with Crippen molar-refractivity contribution in [1.29, 1.82) is 5.26 Å². The van der Waals surface area contributed by atoms with E-state index in [4.69, 9.17) is 0 Å². The number of Topliss-reactive ketones (excluding diaryl/α,β-unsaturated/α-hetero) is 1. The van der Waals surface area contributed by atoms with Gasteiger partial charge in [0.05, 0.1) is 10.9 Å². The standard InChI is InChI=1S/C20H25N3O3S/c1-13-10-19(22-27(25,26)18-6-7-18)14(2)8-16(13)9-15(3)20(24)17(11-21)12-23(4)5/h8-10,12,18,22H,6-7H2,1-5H3/b15-9+,17-12+. The lowest BCUT2D eigenvalue weighted by Crippen LogP contribution is -2.18. The lowest BCUT2D eigenvalue weighted by molar-refractivity contribution is -0.111. The second-order valence-electron chi connectivity index (χ2n) is 7.14. The molecule has 6 nitrogen and oxygen atoms in total. The number of sulfonamides is 1. The number of nitriles is 1. The third-order valence-corrected chi connectivity index (χ3v) is 6.16. The van der Waals surface area contributed by atoms with Crippen molar-refractivity contribution in [3.8, 4) is 6.07 Å². The van der Waals surface area contributed by atoms with Crippen LogP contribution >= 0.6 is 0 Å². The molecule has 1 N–H and O–H groups in total. The van der Waals surface area contributed by atoms with E-state index in [9.17, 15) is 18.5 Å². The van der Waals surface area contributed by atoms with Crippen molar-refractivity contribution in [1.82, 2.24) is 4.90 Å². The van der Waals surface area contributed by atoms with Crippen LogP contribution in [0.25, 0.3) is 6.08 Å². The van der Waals surface area contributed by atoms with Crippen molar-refractivity contribution < 1.29 is 13.2 Å². The van der Waals surface area contributed by atoms with E-state index < -0.39 is 10.0 Å². The lowest BCUT2D eigenvalue weighted by atomic mass is 9.99. The van der Waals surface area contributed by atoms with Gasteiger partial charge in [-0.05, 0) is 74.1 Å². The number of carbonyl (C=O) groups is 1. The molecule has 0 spiro atoms. The molecular weight excluding hydrogens is 362 g/mol. The van der Waals surface area contributed by atoms with Crippen molar-refractivity contribution in [2.75, 3.05) is 18.8 Å². The number of hydrogen-bond donors (Lipinski definition) is 1. The van der Waals surface area contributed by atoms with Gasteiger partial charge in [-0.3, -0.25) is 9.52 Å². The van der Waals surface area contributed by atoms with Crippen LogP contribution in [0.15, 0.2) is 29.5 Å². The van der Waals surface area contributed by atoms with E-state index in [1.54, 1.807) is 38.1 Å². The van der Waals surface area contributed by atoms with Gasteiger partial charge in [0.15, 0.2) is 0 Å². The Kier molecular flexibility index (Phi) is 6.11. The van der Waals surface area contributed by atoms with E-state index in [1.807, 2.05) is 26.0 Å². The minimum Gasteiger partial charge on any atom is -0.382 e. The fourth-order valence-electron chi connectivity index (χ4n) is 2.63. The Bertz CT molecular complexity index is 963. The van der Waals surface area contributed by atoms with Crippen molar-refractivity contribution in [2.24, 2.45) is 0 Å². The van der Waals surface area contributed by atoms with Crippen LogP contribution in [0, 0.1) is 25.2 Å². The maximum absolute atomic E-state index is 12.5. The van der Waals surface area contributed by atoms with Gasteiger partial charge in [-0.1, -0.05) is 0 Å². The summed E-state index contributed by atoms with van der Waals surface area (Å²) in [5.74, 6) is -0.332. The molecule has 0 aliphatic heterocycles. The molecule has 1 aliphatic carbocycles. The molecule has 0 saturated heterocycles. The van der Waals surface area contributed by atoms with Gasteiger partial charge >= 0.3 is 0 Å². The van der Waals surface area contributed by atoms with Crippen LogP contribution in [0.5, 0.6) is 0 Å². The summed E-state index contributed by atoms with van der Waals surface area (Å²) in [6.45, 7) is 5.35. The van der Waals surface area contributed by atoms with E-state index in [1.165, 1.54) is 6.20 Å². The number of allylic oxidation sites excluding steroid dienone is 2. The van der Waals surface area contributed by atoms with E-state index in [0.29, 0.717) is 24.1 Å². The van der Waals surface area contributed by atoms with E-state index in [2.05, 4.69) is 4.72 Å². The zero-order valence-electron chi connectivity index (χ0n) is 16.3. The molecule has 144 valence electrons. The Hall–Kier alpha value is -2.59. The first-order valence-electron chi connectivity index (χ1n) is 8.69. The molecule has 1 aromatic rings. The lowest BCUT2D eigenvalue weighted by Gasteiger charge is -2.13. The van der Waals surface area contributed by atoms with Crippen LogP contribution in [0.2, 0.25) is 0 Å². The van der Waals surface area contributed by atoms with E-state index >= 15 is 0 Å². The zero-order valence-corrected chi connectivity index (χ0v) is 17.1. The van der Waals surface area contributed by atoms with Gasteiger partial charge in [-0.25, -0.2) is 8.42 Å². The highest BCUT2D eigenvalue weighted by atomic mass is 32.2. The Balaban J connectivity index is 2.31. The maximum atomic E-state index is 12.5. The number of ketones is 1. The summed E-state index contributed by atoms with van der Waals surface area (Å²) in [7, 11) is 0.175. The van der Waals surface area contributed by atoms with Gasteiger partial charge < -0.3 is 4.90 Å². The second-order valence-corrected chi connectivity index (χ2v) is 9.11. The molecule has 7 heteroatoms. The number of nitrogens with zero attached hydrogens (tertiary/aromatic N) is 2. The monoisotopic (exact) mass is 387 g/mol.